The number of ether oxygens (including phenoxy) is 2. The number of fused-ring (bicyclic) bond motifs is 5. The summed E-state index contributed by atoms with van der Waals surface area (Å²) in [7, 11) is -1.31. The fraction of sp³-hybridized carbons (Fsp3) is 0.897. The molecule has 5 rings (SSSR count). The van der Waals surface area contributed by atoms with Gasteiger partial charge in [-0.3, -0.25) is 4.79 Å². The van der Waals surface area contributed by atoms with Gasteiger partial charge in [0.2, 0.25) is 0 Å². The molecule has 4 nitrogen and oxygen atoms in total. The first-order valence-corrected chi connectivity index (χ1v) is 16.7. The second-order valence-electron chi connectivity index (χ2n) is 14.5. The van der Waals surface area contributed by atoms with E-state index in [0.717, 1.165) is 12.8 Å². The minimum absolute atomic E-state index is 0.0429. The van der Waals surface area contributed by atoms with Crippen molar-refractivity contribution in [3.05, 3.63) is 11.6 Å². The molecule has 7 atom stereocenters. The Balaban J connectivity index is 1.62. The lowest BCUT2D eigenvalue weighted by atomic mass is 9.42. The van der Waals surface area contributed by atoms with Crippen molar-refractivity contribution in [3.8, 4) is 0 Å². The molecule has 3 saturated carbocycles. The number of carbonyl (C=O) groups is 1. The van der Waals surface area contributed by atoms with E-state index >= 15 is 0 Å². The fourth-order valence-electron chi connectivity index (χ4n) is 9.86. The zero-order valence-corrected chi connectivity index (χ0v) is 24.3. The molecule has 5 heteroatoms. The van der Waals surface area contributed by atoms with Crippen molar-refractivity contribution in [3.63, 3.8) is 0 Å². The Kier molecular flexibility index (Phi) is 5.74. The molecule has 4 fully saturated rings. The minimum atomic E-state index is -1.31. The van der Waals surface area contributed by atoms with Gasteiger partial charge in [0.15, 0.2) is 20.6 Å². The van der Waals surface area contributed by atoms with Gasteiger partial charge in [-0.05, 0) is 79.0 Å². The van der Waals surface area contributed by atoms with Crippen molar-refractivity contribution in [1.82, 2.24) is 0 Å². The van der Waals surface area contributed by atoms with Crippen LogP contribution < -0.4 is 0 Å². The Hall–Kier alpha value is -0.493. The van der Waals surface area contributed by atoms with Gasteiger partial charge in [0.05, 0.1) is 19.3 Å². The molecule has 1 heterocycles. The van der Waals surface area contributed by atoms with E-state index in [1.54, 1.807) is 0 Å². The van der Waals surface area contributed by atoms with E-state index < -0.39 is 14.8 Å². The maximum absolute atomic E-state index is 14.1. The molecular formula is C29H48O4Si. The number of hydrogen-bond acceptors (Lipinski definition) is 4. The first-order chi connectivity index (χ1) is 15.7. The third-order valence-corrected chi connectivity index (χ3v) is 12.1. The molecule has 0 aromatic carbocycles. The summed E-state index contributed by atoms with van der Waals surface area (Å²) in [6.07, 6.45) is 7.65. The van der Waals surface area contributed by atoms with Crippen molar-refractivity contribution < 1.29 is 18.7 Å². The summed E-state index contributed by atoms with van der Waals surface area (Å²) in [6, 6.07) is 0. The highest BCUT2D eigenvalue weighted by Crippen LogP contribution is 2.71. The second kappa shape index (κ2) is 7.75. The van der Waals surface area contributed by atoms with Crippen LogP contribution >= 0.6 is 0 Å². The van der Waals surface area contributed by atoms with Crippen molar-refractivity contribution in [2.75, 3.05) is 13.2 Å². The lowest BCUT2D eigenvalue weighted by Gasteiger charge is -2.65. The topological polar surface area (TPSA) is 44.8 Å². The first-order valence-electron chi connectivity index (χ1n) is 13.9. The van der Waals surface area contributed by atoms with E-state index in [-0.39, 0.29) is 33.7 Å². The standard InChI is InChI=1S/C29H48O4Si/c1-25(2,3)21-11-10-18-24-19(12-13-27(18,21)6)28(7)22(16-20(24)30)26(4,5)29(31-14-15-32-29)17-23(28)33-34(8)9/h16,18-19,21,23-24,34H,10-15,17H2,1-9H3/t18-,19-,21+,23?,24-,27-,28+/m0/s1. The Morgan fingerprint density at radius 2 is 1.65 bits per heavy atom. The van der Waals surface area contributed by atoms with Gasteiger partial charge in [-0.15, -0.1) is 0 Å². The lowest BCUT2D eigenvalue weighted by Crippen LogP contribution is -2.66. The molecule has 1 unspecified atom stereocenters. The average molecular weight is 489 g/mol. The highest BCUT2D eigenvalue weighted by Gasteiger charge is 2.70. The van der Waals surface area contributed by atoms with Crippen LogP contribution in [-0.2, 0) is 18.7 Å². The molecule has 192 valence electrons. The zero-order chi connectivity index (χ0) is 24.9. The quantitative estimate of drug-likeness (QED) is 0.437. The minimum Gasteiger partial charge on any atom is -0.417 e. The van der Waals surface area contributed by atoms with E-state index in [0.29, 0.717) is 36.8 Å². The highest BCUT2D eigenvalue weighted by atomic mass is 28.3. The Morgan fingerprint density at radius 1 is 1.00 bits per heavy atom. The number of rotatable bonds is 2. The second-order valence-corrected chi connectivity index (χ2v) is 16.8. The zero-order valence-electron chi connectivity index (χ0n) is 23.1. The summed E-state index contributed by atoms with van der Waals surface area (Å²) in [5.41, 5.74) is 1.25. The van der Waals surface area contributed by atoms with Crippen molar-refractivity contribution in [2.45, 2.75) is 106 Å². The largest absolute Gasteiger partial charge is 0.417 e. The first kappa shape index (κ1) is 25.2. The summed E-state index contributed by atoms with van der Waals surface area (Å²) >= 11 is 0. The van der Waals surface area contributed by atoms with Crippen LogP contribution in [0.25, 0.3) is 0 Å². The van der Waals surface area contributed by atoms with Crippen LogP contribution in [0.2, 0.25) is 13.1 Å². The molecule has 0 aromatic rings. The molecule has 1 aliphatic heterocycles. The summed E-state index contributed by atoms with van der Waals surface area (Å²) in [5.74, 6) is 1.30. The highest BCUT2D eigenvalue weighted by molar-refractivity contribution is 6.48. The normalized spacial score (nSPS) is 45.2. The third-order valence-electron chi connectivity index (χ3n) is 11.2. The summed E-state index contributed by atoms with van der Waals surface area (Å²) in [5, 5.41) is 0. The molecule has 5 aliphatic rings. The predicted molar refractivity (Wildman–Crippen MR) is 138 cm³/mol. The Morgan fingerprint density at radius 3 is 2.24 bits per heavy atom. The van der Waals surface area contributed by atoms with Crippen LogP contribution in [0, 0.1) is 45.3 Å². The van der Waals surface area contributed by atoms with E-state index in [2.05, 4.69) is 67.6 Å². The maximum Gasteiger partial charge on any atom is 0.179 e. The van der Waals surface area contributed by atoms with E-state index in [1.165, 1.54) is 24.8 Å². The molecule has 1 spiro atoms. The van der Waals surface area contributed by atoms with Crippen LogP contribution in [-0.4, -0.2) is 39.9 Å². The smallest absolute Gasteiger partial charge is 0.179 e. The number of hydrogen-bond donors (Lipinski definition) is 0. The van der Waals surface area contributed by atoms with Gasteiger partial charge >= 0.3 is 0 Å². The molecule has 0 aromatic heterocycles. The van der Waals surface area contributed by atoms with Gasteiger partial charge in [0.1, 0.15) is 0 Å². The maximum atomic E-state index is 14.1. The molecular weight excluding hydrogens is 440 g/mol. The monoisotopic (exact) mass is 488 g/mol. The van der Waals surface area contributed by atoms with E-state index in [1.807, 2.05) is 0 Å². The Labute approximate surface area is 209 Å². The molecule has 1 saturated heterocycles. The number of ketones is 1. The summed E-state index contributed by atoms with van der Waals surface area (Å²) in [6.45, 7) is 22.4. The predicted octanol–water partition coefficient (Wildman–Crippen LogP) is 6.15. The Bertz CT molecular complexity index is 879. The van der Waals surface area contributed by atoms with Crippen molar-refractivity contribution in [2.24, 2.45) is 45.3 Å². The van der Waals surface area contributed by atoms with Crippen LogP contribution in [0.5, 0.6) is 0 Å². The molecule has 0 N–H and O–H groups in total. The average Bonchev–Trinajstić information content (AvgIpc) is 3.33. The van der Waals surface area contributed by atoms with Gasteiger partial charge in [-0.25, -0.2) is 0 Å². The summed E-state index contributed by atoms with van der Waals surface area (Å²) in [4.78, 5) is 14.1. The molecule has 0 amide bonds. The van der Waals surface area contributed by atoms with E-state index in [4.69, 9.17) is 13.9 Å². The van der Waals surface area contributed by atoms with Crippen LogP contribution in [0.1, 0.15) is 80.6 Å². The molecule has 0 radical (unpaired) electrons. The number of allylic oxidation sites excluding steroid dienone is 1. The molecule has 34 heavy (non-hydrogen) atoms. The SMILES string of the molecule is C[SiH](C)OC1CC2(OCCO2)C(C)(C)C2=CC(=O)[C@H]3[C@@H]4CC[C@H](C(C)(C)C)[C@@]4(C)CC[C@@H]3[C@]21C. The van der Waals surface area contributed by atoms with Crippen molar-refractivity contribution in [1.29, 1.82) is 0 Å². The lowest BCUT2D eigenvalue weighted by molar-refractivity contribution is -0.266. The number of carbonyl (C=O) groups excluding carboxylic acids is 1. The van der Waals surface area contributed by atoms with Crippen LogP contribution in [0.15, 0.2) is 11.6 Å². The van der Waals surface area contributed by atoms with Gasteiger partial charge in [-0.1, -0.05) is 48.5 Å². The van der Waals surface area contributed by atoms with Gasteiger partial charge in [-0.2, -0.15) is 0 Å². The third kappa shape index (κ3) is 3.21. The van der Waals surface area contributed by atoms with Gasteiger partial charge in [0, 0.05) is 23.2 Å². The van der Waals surface area contributed by atoms with Gasteiger partial charge in [0.25, 0.3) is 0 Å². The van der Waals surface area contributed by atoms with E-state index in [9.17, 15) is 4.79 Å². The molecule has 4 aliphatic carbocycles. The molecule has 0 bridgehead atoms. The van der Waals surface area contributed by atoms with Crippen molar-refractivity contribution >= 4 is 14.8 Å². The summed E-state index contributed by atoms with van der Waals surface area (Å²) < 4.78 is 19.6. The fourth-order valence-corrected chi connectivity index (χ4v) is 10.9. The van der Waals surface area contributed by atoms with Crippen LogP contribution in [0.3, 0.4) is 0 Å². The van der Waals surface area contributed by atoms with Gasteiger partial charge < -0.3 is 13.9 Å². The van der Waals surface area contributed by atoms with Crippen LogP contribution in [0.4, 0.5) is 0 Å².